The number of amides is 1. The van der Waals surface area contributed by atoms with Gasteiger partial charge in [0.2, 0.25) is 0 Å². The quantitative estimate of drug-likeness (QED) is 0.857. The molecule has 0 aliphatic rings. The third kappa shape index (κ3) is 2.44. The van der Waals surface area contributed by atoms with Crippen LogP contribution in [-0.2, 0) is 6.54 Å². The van der Waals surface area contributed by atoms with Gasteiger partial charge in [-0.3, -0.25) is 4.79 Å². The highest BCUT2D eigenvalue weighted by Crippen LogP contribution is 2.13. The van der Waals surface area contributed by atoms with Crippen molar-refractivity contribution in [3.05, 3.63) is 28.1 Å². The highest BCUT2D eigenvalue weighted by molar-refractivity contribution is 7.13. The van der Waals surface area contributed by atoms with Gasteiger partial charge in [-0.05, 0) is 13.8 Å². The first-order chi connectivity index (χ1) is 8.08. The maximum atomic E-state index is 11.7. The SMILES string of the molecule is Cc1noc(C)c1CNC(=O)c1csc(N)n1. The molecule has 0 bridgehead atoms. The number of nitrogen functional groups attached to an aromatic ring is 1. The zero-order valence-corrected chi connectivity index (χ0v) is 10.3. The number of rotatable bonds is 3. The molecule has 0 radical (unpaired) electrons. The molecule has 0 spiro atoms. The van der Waals surface area contributed by atoms with Crippen LogP contribution in [0.3, 0.4) is 0 Å². The number of nitrogens with one attached hydrogen (secondary N) is 1. The van der Waals surface area contributed by atoms with Crippen LogP contribution < -0.4 is 11.1 Å². The first-order valence-corrected chi connectivity index (χ1v) is 5.87. The van der Waals surface area contributed by atoms with Gasteiger partial charge in [-0.1, -0.05) is 5.16 Å². The maximum Gasteiger partial charge on any atom is 0.271 e. The van der Waals surface area contributed by atoms with Crippen LogP contribution in [-0.4, -0.2) is 16.0 Å². The number of thiazole rings is 1. The van der Waals surface area contributed by atoms with Crippen molar-refractivity contribution in [3.63, 3.8) is 0 Å². The van der Waals surface area contributed by atoms with E-state index in [1.807, 2.05) is 13.8 Å². The number of hydrogen-bond donors (Lipinski definition) is 2. The number of aromatic nitrogens is 2. The fraction of sp³-hybridized carbons (Fsp3) is 0.300. The normalized spacial score (nSPS) is 10.5. The van der Waals surface area contributed by atoms with Crippen LogP contribution in [0.25, 0.3) is 0 Å². The third-order valence-corrected chi connectivity index (χ3v) is 3.04. The van der Waals surface area contributed by atoms with Crippen LogP contribution >= 0.6 is 11.3 Å². The minimum atomic E-state index is -0.252. The Morgan fingerprint density at radius 3 is 2.88 bits per heavy atom. The van der Waals surface area contributed by atoms with Crippen LogP contribution in [0.4, 0.5) is 5.13 Å². The van der Waals surface area contributed by atoms with Crippen molar-refractivity contribution in [2.45, 2.75) is 20.4 Å². The van der Waals surface area contributed by atoms with Crippen molar-refractivity contribution < 1.29 is 9.32 Å². The second-order valence-corrected chi connectivity index (χ2v) is 4.45. The van der Waals surface area contributed by atoms with Gasteiger partial charge < -0.3 is 15.6 Å². The molecule has 90 valence electrons. The van der Waals surface area contributed by atoms with E-state index >= 15 is 0 Å². The molecule has 0 saturated carbocycles. The van der Waals surface area contributed by atoms with Crippen LogP contribution in [0.2, 0.25) is 0 Å². The summed E-state index contributed by atoms with van der Waals surface area (Å²) < 4.78 is 5.00. The number of anilines is 1. The predicted octanol–water partition coefficient (Wildman–Crippen LogP) is 1.26. The Bertz CT molecular complexity index is 527. The highest BCUT2D eigenvalue weighted by atomic mass is 32.1. The highest BCUT2D eigenvalue weighted by Gasteiger charge is 2.13. The smallest absolute Gasteiger partial charge is 0.271 e. The Labute approximate surface area is 102 Å². The van der Waals surface area contributed by atoms with E-state index in [4.69, 9.17) is 10.3 Å². The molecule has 3 N–H and O–H groups in total. The Morgan fingerprint density at radius 2 is 2.35 bits per heavy atom. The van der Waals surface area contributed by atoms with Crippen molar-refractivity contribution in [1.29, 1.82) is 0 Å². The molecule has 0 fully saturated rings. The van der Waals surface area contributed by atoms with Gasteiger partial charge >= 0.3 is 0 Å². The van der Waals surface area contributed by atoms with E-state index in [1.54, 1.807) is 5.38 Å². The molecular weight excluding hydrogens is 240 g/mol. The van der Waals surface area contributed by atoms with Crippen molar-refractivity contribution >= 4 is 22.4 Å². The molecule has 1 amide bonds. The van der Waals surface area contributed by atoms with E-state index in [9.17, 15) is 4.79 Å². The summed E-state index contributed by atoms with van der Waals surface area (Å²) in [7, 11) is 0. The fourth-order valence-corrected chi connectivity index (χ4v) is 1.95. The molecule has 0 saturated heterocycles. The summed E-state index contributed by atoms with van der Waals surface area (Å²) >= 11 is 1.24. The van der Waals surface area contributed by atoms with Gasteiger partial charge in [0.05, 0.1) is 5.69 Å². The van der Waals surface area contributed by atoms with Gasteiger partial charge in [0, 0.05) is 17.5 Å². The predicted molar refractivity (Wildman–Crippen MR) is 63.7 cm³/mol. The lowest BCUT2D eigenvalue weighted by atomic mass is 10.2. The topological polar surface area (TPSA) is 94.0 Å². The minimum absolute atomic E-state index is 0.252. The first kappa shape index (κ1) is 11.6. The van der Waals surface area contributed by atoms with E-state index < -0.39 is 0 Å². The van der Waals surface area contributed by atoms with Gasteiger partial charge in [0.25, 0.3) is 5.91 Å². The van der Waals surface area contributed by atoms with Crippen molar-refractivity contribution in [3.8, 4) is 0 Å². The Balaban J connectivity index is 2.02. The molecular formula is C10H12N4O2S. The molecule has 0 atom stereocenters. The lowest BCUT2D eigenvalue weighted by molar-refractivity contribution is 0.0946. The van der Waals surface area contributed by atoms with E-state index in [0.29, 0.717) is 23.1 Å². The van der Waals surface area contributed by atoms with E-state index in [1.165, 1.54) is 11.3 Å². The van der Waals surface area contributed by atoms with E-state index in [-0.39, 0.29) is 5.91 Å². The summed E-state index contributed by atoms with van der Waals surface area (Å²) in [4.78, 5) is 15.6. The number of nitrogens with zero attached hydrogens (tertiary/aromatic N) is 2. The number of hydrogen-bond acceptors (Lipinski definition) is 6. The summed E-state index contributed by atoms with van der Waals surface area (Å²) in [6.07, 6.45) is 0. The van der Waals surface area contributed by atoms with Crippen molar-refractivity contribution in [2.75, 3.05) is 5.73 Å². The molecule has 7 heteroatoms. The minimum Gasteiger partial charge on any atom is -0.375 e. The van der Waals surface area contributed by atoms with E-state index in [2.05, 4.69) is 15.5 Å². The van der Waals surface area contributed by atoms with Crippen LogP contribution in [0.5, 0.6) is 0 Å². The molecule has 2 rings (SSSR count). The summed E-state index contributed by atoms with van der Waals surface area (Å²) in [5, 5.41) is 8.56. The number of carbonyl (C=O) groups excluding carboxylic acids is 1. The second-order valence-electron chi connectivity index (χ2n) is 3.56. The zero-order valence-electron chi connectivity index (χ0n) is 9.48. The summed E-state index contributed by atoms with van der Waals surface area (Å²) in [6.45, 7) is 4.01. The molecule has 17 heavy (non-hydrogen) atoms. The van der Waals surface area contributed by atoms with Gasteiger partial charge in [-0.2, -0.15) is 0 Å². The van der Waals surface area contributed by atoms with Crippen LogP contribution in [0.15, 0.2) is 9.90 Å². The molecule has 0 aromatic carbocycles. The number of aryl methyl sites for hydroxylation is 2. The largest absolute Gasteiger partial charge is 0.375 e. The summed E-state index contributed by atoms with van der Waals surface area (Å²) in [5.74, 6) is 0.457. The fourth-order valence-electron chi connectivity index (χ4n) is 1.41. The van der Waals surface area contributed by atoms with Crippen LogP contribution in [0.1, 0.15) is 27.5 Å². The third-order valence-electron chi connectivity index (χ3n) is 2.36. The monoisotopic (exact) mass is 252 g/mol. The Morgan fingerprint density at radius 1 is 1.59 bits per heavy atom. The second kappa shape index (κ2) is 4.54. The molecule has 2 heterocycles. The maximum absolute atomic E-state index is 11.7. The molecule has 0 aliphatic carbocycles. The van der Waals surface area contributed by atoms with Gasteiger partial charge in [-0.25, -0.2) is 4.98 Å². The standard InChI is InChI=1S/C10H12N4O2S/c1-5-7(6(2)16-14-5)3-12-9(15)8-4-17-10(11)13-8/h4H,3H2,1-2H3,(H2,11,13)(H,12,15). The molecule has 2 aromatic heterocycles. The Hall–Kier alpha value is -1.89. The van der Waals surface area contributed by atoms with E-state index in [0.717, 1.165) is 11.3 Å². The van der Waals surface area contributed by atoms with Gasteiger partial charge in [-0.15, -0.1) is 11.3 Å². The molecule has 6 nitrogen and oxygen atoms in total. The van der Waals surface area contributed by atoms with Crippen molar-refractivity contribution in [2.24, 2.45) is 0 Å². The Kier molecular flexibility index (Phi) is 3.10. The lowest BCUT2D eigenvalue weighted by Gasteiger charge is -2.02. The molecule has 2 aromatic rings. The number of carbonyl (C=O) groups is 1. The molecule has 0 unspecified atom stereocenters. The average molecular weight is 252 g/mol. The molecule has 0 aliphatic heterocycles. The van der Waals surface area contributed by atoms with Gasteiger partial charge in [0.15, 0.2) is 5.13 Å². The van der Waals surface area contributed by atoms with Crippen LogP contribution in [0, 0.1) is 13.8 Å². The van der Waals surface area contributed by atoms with Gasteiger partial charge in [0.1, 0.15) is 11.5 Å². The number of nitrogens with two attached hydrogens (primary N) is 1. The lowest BCUT2D eigenvalue weighted by Crippen LogP contribution is -2.23. The first-order valence-electron chi connectivity index (χ1n) is 4.99. The zero-order chi connectivity index (χ0) is 12.4. The summed E-state index contributed by atoms with van der Waals surface area (Å²) in [5.41, 5.74) is 7.46. The van der Waals surface area contributed by atoms with Crippen molar-refractivity contribution in [1.82, 2.24) is 15.5 Å². The average Bonchev–Trinajstić information content (AvgIpc) is 2.84. The summed E-state index contributed by atoms with van der Waals surface area (Å²) in [6, 6.07) is 0.